The van der Waals surface area contributed by atoms with Crippen LogP contribution in [-0.4, -0.2) is 38.7 Å². The number of aromatic nitrogens is 3. The van der Waals surface area contributed by atoms with Gasteiger partial charge in [0.2, 0.25) is 0 Å². The molecule has 1 amide bonds. The van der Waals surface area contributed by atoms with Crippen LogP contribution in [0.15, 0.2) is 18.2 Å². The highest BCUT2D eigenvalue weighted by molar-refractivity contribution is 5.94. The molecule has 122 valence electrons. The monoisotopic (exact) mass is 320 g/mol. The average Bonchev–Trinajstić information content (AvgIpc) is 2.88. The van der Waals surface area contributed by atoms with Gasteiger partial charge in [-0.3, -0.25) is 4.79 Å². The number of hydrogen-bond donors (Lipinski definition) is 0. The zero-order chi connectivity index (χ0) is 16.6. The smallest absolute Gasteiger partial charge is 0.254 e. The predicted octanol–water partition coefficient (Wildman–Crippen LogP) is 2.65. The number of benzene rings is 1. The second kappa shape index (κ2) is 6.06. The van der Waals surface area contributed by atoms with Crippen LogP contribution in [0.5, 0.6) is 0 Å². The van der Waals surface area contributed by atoms with Gasteiger partial charge in [0, 0.05) is 18.7 Å². The lowest BCUT2D eigenvalue weighted by molar-refractivity contribution is 0.0670. The first-order valence-electron chi connectivity index (χ1n) is 7.60. The molecule has 1 aliphatic heterocycles. The van der Waals surface area contributed by atoms with Crippen LogP contribution in [0.4, 0.5) is 8.78 Å². The molecule has 2 heterocycles. The zero-order valence-corrected chi connectivity index (χ0v) is 13.1. The van der Waals surface area contributed by atoms with E-state index in [0.29, 0.717) is 18.9 Å². The number of nitrogens with zero attached hydrogens (tertiary/aromatic N) is 4. The molecule has 1 aromatic carbocycles. The third kappa shape index (κ3) is 3.09. The minimum absolute atomic E-state index is 0.0548. The Balaban J connectivity index is 1.79. The average molecular weight is 320 g/mol. The van der Waals surface area contributed by atoms with Crippen molar-refractivity contribution >= 4 is 5.91 Å². The molecule has 0 spiro atoms. The Morgan fingerprint density at radius 1 is 1.26 bits per heavy atom. The van der Waals surface area contributed by atoms with Crippen LogP contribution in [0, 0.1) is 25.5 Å². The highest BCUT2D eigenvalue weighted by Gasteiger charge is 2.27. The Morgan fingerprint density at radius 3 is 2.70 bits per heavy atom. The second-order valence-electron chi connectivity index (χ2n) is 5.83. The van der Waals surface area contributed by atoms with Gasteiger partial charge in [-0.1, -0.05) is 0 Å². The highest BCUT2D eigenvalue weighted by atomic mass is 19.2. The Morgan fingerprint density at radius 2 is 2.04 bits per heavy atom. The molecule has 23 heavy (non-hydrogen) atoms. The fourth-order valence-electron chi connectivity index (χ4n) is 3.03. The van der Waals surface area contributed by atoms with Crippen molar-refractivity contribution in [2.75, 3.05) is 13.1 Å². The molecule has 5 nitrogen and oxygen atoms in total. The lowest BCUT2D eigenvalue weighted by Crippen LogP contribution is -2.41. The lowest BCUT2D eigenvalue weighted by atomic mass is 10.0. The first-order chi connectivity index (χ1) is 11.0. The van der Waals surface area contributed by atoms with E-state index >= 15 is 0 Å². The number of piperidine rings is 1. The second-order valence-corrected chi connectivity index (χ2v) is 5.83. The molecular formula is C16H18F2N4O. The molecule has 0 aliphatic carbocycles. The summed E-state index contributed by atoms with van der Waals surface area (Å²) in [6, 6.07) is 3.30. The number of aryl methyl sites for hydroxylation is 2. The van der Waals surface area contributed by atoms with Gasteiger partial charge in [-0.15, -0.1) is 0 Å². The summed E-state index contributed by atoms with van der Waals surface area (Å²) in [7, 11) is 0. The lowest BCUT2D eigenvalue weighted by Gasteiger charge is -2.33. The number of amides is 1. The Hall–Kier alpha value is -2.31. The van der Waals surface area contributed by atoms with Crippen LogP contribution in [-0.2, 0) is 0 Å². The van der Waals surface area contributed by atoms with Crippen molar-refractivity contribution in [3.8, 4) is 0 Å². The van der Waals surface area contributed by atoms with Gasteiger partial charge in [-0.05, 0) is 44.9 Å². The molecule has 1 saturated heterocycles. The van der Waals surface area contributed by atoms with E-state index in [4.69, 9.17) is 0 Å². The van der Waals surface area contributed by atoms with E-state index in [-0.39, 0.29) is 17.5 Å². The standard InChI is InChI=1S/C16H18F2N4O/c1-10-19-11(2)22(20-10)13-4-3-7-21(9-13)16(23)12-5-6-14(17)15(18)8-12/h5-6,8,13H,3-4,7,9H2,1-2H3/t13-/m0/s1. The first kappa shape index (κ1) is 15.6. The molecule has 1 atom stereocenters. The summed E-state index contributed by atoms with van der Waals surface area (Å²) in [6.45, 7) is 4.80. The quantitative estimate of drug-likeness (QED) is 0.855. The summed E-state index contributed by atoms with van der Waals surface area (Å²) in [5.74, 6) is -0.733. The van der Waals surface area contributed by atoms with Gasteiger partial charge in [-0.2, -0.15) is 5.10 Å². The van der Waals surface area contributed by atoms with Crippen molar-refractivity contribution in [2.45, 2.75) is 32.7 Å². The van der Waals surface area contributed by atoms with Crippen molar-refractivity contribution in [1.29, 1.82) is 0 Å². The molecule has 1 fully saturated rings. The number of halogens is 2. The summed E-state index contributed by atoms with van der Waals surface area (Å²) in [6.07, 6.45) is 1.74. The van der Waals surface area contributed by atoms with Crippen LogP contribution in [0.1, 0.15) is 40.9 Å². The van der Waals surface area contributed by atoms with Gasteiger partial charge in [0.1, 0.15) is 11.6 Å². The van der Waals surface area contributed by atoms with E-state index in [9.17, 15) is 13.6 Å². The van der Waals surface area contributed by atoms with E-state index in [0.717, 1.165) is 30.8 Å². The molecule has 0 unspecified atom stereocenters. The van der Waals surface area contributed by atoms with E-state index in [1.54, 1.807) is 4.90 Å². The van der Waals surface area contributed by atoms with Crippen LogP contribution < -0.4 is 0 Å². The maximum Gasteiger partial charge on any atom is 0.254 e. The Kier molecular flexibility index (Phi) is 4.11. The van der Waals surface area contributed by atoms with Crippen molar-refractivity contribution in [3.63, 3.8) is 0 Å². The molecule has 0 bridgehead atoms. The summed E-state index contributed by atoms with van der Waals surface area (Å²) in [5, 5.41) is 4.38. The molecule has 3 rings (SSSR count). The number of hydrogen-bond acceptors (Lipinski definition) is 3. The van der Waals surface area contributed by atoms with Gasteiger partial charge in [-0.25, -0.2) is 18.4 Å². The summed E-state index contributed by atoms with van der Waals surface area (Å²) in [4.78, 5) is 18.5. The molecule has 0 saturated carbocycles. The summed E-state index contributed by atoms with van der Waals surface area (Å²) >= 11 is 0. The van der Waals surface area contributed by atoms with Crippen LogP contribution in [0.3, 0.4) is 0 Å². The summed E-state index contributed by atoms with van der Waals surface area (Å²) in [5.41, 5.74) is 0.163. The highest BCUT2D eigenvalue weighted by Crippen LogP contribution is 2.23. The van der Waals surface area contributed by atoms with Crippen LogP contribution >= 0.6 is 0 Å². The van der Waals surface area contributed by atoms with Crippen molar-refractivity contribution in [3.05, 3.63) is 47.0 Å². The SMILES string of the molecule is Cc1nc(C)n([C@H]2CCCN(C(=O)c3ccc(F)c(F)c3)C2)n1. The minimum Gasteiger partial charge on any atom is -0.336 e. The molecule has 1 aromatic heterocycles. The van der Waals surface area contributed by atoms with Gasteiger partial charge in [0.05, 0.1) is 6.04 Å². The van der Waals surface area contributed by atoms with E-state index in [2.05, 4.69) is 10.1 Å². The third-order valence-electron chi connectivity index (χ3n) is 4.10. The maximum absolute atomic E-state index is 13.3. The minimum atomic E-state index is -1.01. The molecule has 2 aromatic rings. The third-order valence-corrected chi connectivity index (χ3v) is 4.10. The van der Waals surface area contributed by atoms with E-state index in [1.807, 2.05) is 18.5 Å². The summed E-state index contributed by atoms with van der Waals surface area (Å²) < 4.78 is 28.2. The molecule has 7 heteroatoms. The normalized spacial score (nSPS) is 18.3. The fraction of sp³-hybridized carbons (Fsp3) is 0.438. The van der Waals surface area contributed by atoms with Crippen molar-refractivity contribution in [2.24, 2.45) is 0 Å². The predicted molar refractivity (Wildman–Crippen MR) is 80.0 cm³/mol. The Labute approximate surface area is 132 Å². The number of carbonyl (C=O) groups excluding carboxylic acids is 1. The fourth-order valence-corrected chi connectivity index (χ4v) is 3.03. The van der Waals surface area contributed by atoms with Crippen LogP contribution in [0.2, 0.25) is 0 Å². The molecule has 1 aliphatic rings. The van der Waals surface area contributed by atoms with Gasteiger partial charge >= 0.3 is 0 Å². The van der Waals surface area contributed by atoms with Gasteiger partial charge < -0.3 is 4.90 Å². The van der Waals surface area contributed by atoms with Gasteiger partial charge in [0.25, 0.3) is 5.91 Å². The van der Waals surface area contributed by atoms with Crippen molar-refractivity contribution < 1.29 is 13.6 Å². The van der Waals surface area contributed by atoms with Gasteiger partial charge in [0.15, 0.2) is 11.6 Å². The number of carbonyl (C=O) groups is 1. The molecule has 0 N–H and O–H groups in total. The first-order valence-corrected chi connectivity index (χ1v) is 7.60. The van der Waals surface area contributed by atoms with Crippen LogP contribution in [0.25, 0.3) is 0 Å². The van der Waals surface area contributed by atoms with Crippen molar-refractivity contribution in [1.82, 2.24) is 19.7 Å². The molecule has 0 radical (unpaired) electrons. The maximum atomic E-state index is 13.3. The van der Waals surface area contributed by atoms with E-state index in [1.165, 1.54) is 6.07 Å². The van der Waals surface area contributed by atoms with E-state index < -0.39 is 11.6 Å². The zero-order valence-electron chi connectivity index (χ0n) is 13.1. The number of likely N-dealkylation sites (tertiary alicyclic amines) is 1. The topological polar surface area (TPSA) is 51.0 Å². The number of rotatable bonds is 2. The largest absolute Gasteiger partial charge is 0.336 e. The molecular weight excluding hydrogens is 302 g/mol. The Bertz CT molecular complexity index is 744.